The Kier molecular flexibility index (Phi) is 4.88. The second-order valence-corrected chi connectivity index (χ2v) is 7.68. The molecule has 1 aliphatic carbocycles. The number of rotatable bonds is 4. The van der Waals surface area contributed by atoms with Gasteiger partial charge in [-0.05, 0) is 37.5 Å². The lowest BCUT2D eigenvalue weighted by Gasteiger charge is -2.18. The van der Waals surface area contributed by atoms with Crippen LogP contribution in [0.5, 0.6) is 0 Å². The molecule has 0 heterocycles. The molecule has 6 heteroatoms. The maximum Gasteiger partial charge on any atom is 0.315 e. The highest BCUT2D eigenvalue weighted by molar-refractivity contribution is 7.90. The smallest absolute Gasteiger partial charge is 0.315 e. The maximum absolute atomic E-state index is 11.9. The van der Waals surface area contributed by atoms with Crippen LogP contribution in [-0.2, 0) is 9.84 Å². The monoisotopic (exact) mass is 310 g/mol. The number of benzene rings is 1. The quantitative estimate of drug-likeness (QED) is 0.896. The zero-order valence-electron chi connectivity index (χ0n) is 12.4. The molecule has 21 heavy (non-hydrogen) atoms. The molecule has 0 aromatic heterocycles. The van der Waals surface area contributed by atoms with E-state index in [9.17, 15) is 13.2 Å². The number of amides is 2. The van der Waals surface area contributed by atoms with Crippen molar-refractivity contribution in [3.05, 3.63) is 29.8 Å². The van der Waals surface area contributed by atoms with Crippen LogP contribution >= 0.6 is 0 Å². The molecule has 0 bridgehead atoms. The first kappa shape index (κ1) is 15.8. The second-order valence-electron chi connectivity index (χ2n) is 5.66. The number of sulfone groups is 1. The lowest BCUT2D eigenvalue weighted by molar-refractivity contribution is 0.234. The van der Waals surface area contributed by atoms with Crippen LogP contribution in [0.25, 0.3) is 0 Å². The molecule has 1 aromatic carbocycles. The van der Waals surface area contributed by atoms with Gasteiger partial charge in [-0.2, -0.15) is 0 Å². The molecule has 0 saturated heterocycles. The van der Waals surface area contributed by atoms with Crippen molar-refractivity contribution in [3.8, 4) is 0 Å². The Morgan fingerprint density at radius 1 is 1.19 bits per heavy atom. The normalized spacial score (nSPS) is 17.4. The summed E-state index contributed by atoms with van der Waals surface area (Å²) in [7, 11) is -3.18. The third-order valence-corrected chi connectivity index (χ3v) is 4.97. The molecule has 1 aliphatic rings. The van der Waals surface area contributed by atoms with Crippen LogP contribution in [0.4, 0.5) is 4.79 Å². The van der Waals surface area contributed by atoms with E-state index in [4.69, 9.17) is 0 Å². The standard InChI is InChI=1S/C15H22N2O3S/c1-11(16-15(18)17-13-5-3-4-6-13)12-7-9-14(10-8-12)21(2,19)20/h7-11,13H,3-6H2,1-2H3,(H2,16,17,18)/t11-/m1/s1. The molecule has 1 fully saturated rings. The van der Waals surface area contributed by atoms with Crippen LogP contribution in [0.3, 0.4) is 0 Å². The van der Waals surface area contributed by atoms with Crippen molar-refractivity contribution in [2.45, 2.75) is 49.6 Å². The molecule has 1 aromatic rings. The van der Waals surface area contributed by atoms with Crippen molar-refractivity contribution < 1.29 is 13.2 Å². The fourth-order valence-electron chi connectivity index (χ4n) is 2.58. The van der Waals surface area contributed by atoms with Gasteiger partial charge in [-0.15, -0.1) is 0 Å². The van der Waals surface area contributed by atoms with E-state index in [1.54, 1.807) is 24.3 Å². The van der Waals surface area contributed by atoms with E-state index in [1.807, 2.05) is 6.92 Å². The highest BCUT2D eigenvalue weighted by atomic mass is 32.2. The lowest BCUT2D eigenvalue weighted by atomic mass is 10.1. The summed E-state index contributed by atoms with van der Waals surface area (Å²) in [6, 6.07) is 6.55. The molecule has 0 spiro atoms. The molecule has 0 aliphatic heterocycles. The van der Waals surface area contributed by atoms with Crippen LogP contribution < -0.4 is 10.6 Å². The average Bonchev–Trinajstić information content (AvgIpc) is 2.90. The Balaban J connectivity index is 1.93. The molecule has 5 nitrogen and oxygen atoms in total. The lowest BCUT2D eigenvalue weighted by Crippen LogP contribution is -2.41. The first-order valence-electron chi connectivity index (χ1n) is 7.23. The number of nitrogens with one attached hydrogen (secondary N) is 2. The van der Waals surface area contributed by atoms with Gasteiger partial charge in [-0.1, -0.05) is 25.0 Å². The topological polar surface area (TPSA) is 75.3 Å². The second kappa shape index (κ2) is 6.47. The minimum absolute atomic E-state index is 0.165. The highest BCUT2D eigenvalue weighted by Gasteiger charge is 2.18. The summed E-state index contributed by atoms with van der Waals surface area (Å²) in [4.78, 5) is 12.2. The minimum atomic E-state index is -3.18. The summed E-state index contributed by atoms with van der Waals surface area (Å²) in [5.41, 5.74) is 0.879. The molecule has 1 saturated carbocycles. The van der Waals surface area contributed by atoms with E-state index < -0.39 is 9.84 Å². The first-order valence-corrected chi connectivity index (χ1v) is 9.12. The van der Waals surface area contributed by atoms with Crippen molar-refractivity contribution in [3.63, 3.8) is 0 Å². The largest absolute Gasteiger partial charge is 0.335 e. The number of hydrogen-bond acceptors (Lipinski definition) is 3. The van der Waals surface area contributed by atoms with Crippen molar-refractivity contribution in [2.75, 3.05) is 6.26 Å². The van der Waals surface area contributed by atoms with Crippen LogP contribution in [-0.4, -0.2) is 26.7 Å². The van der Waals surface area contributed by atoms with Gasteiger partial charge < -0.3 is 10.6 Å². The van der Waals surface area contributed by atoms with Gasteiger partial charge in [0, 0.05) is 12.3 Å². The Morgan fingerprint density at radius 2 is 1.76 bits per heavy atom. The first-order chi connectivity index (χ1) is 9.86. The van der Waals surface area contributed by atoms with Gasteiger partial charge in [0.2, 0.25) is 0 Å². The van der Waals surface area contributed by atoms with E-state index in [0.717, 1.165) is 18.4 Å². The predicted octanol–water partition coefficient (Wildman–Crippen LogP) is 2.39. The van der Waals surface area contributed by atoms with E-state index in [1.165, 1.54) is 19.1 Å². The maximum atomic E-state index is 11.9. The summed E-state index contributed by atoms with van der Waals surface area (Å²) in [5.74, 6) is 0. The molecule has 0 radical (unpaired) electrons. The Labute approximate surface area is 126 Å². The van der Waals surface area contributed by atoms with Crippen molar-refractivity contribution in [1.82, 2.24) is 10.6 Å². The fraction of sp³-hybridized carbons (Fsp3) is 0.533. The van der Waals surface area contributed by atoms with E-state index >= 15 is 0 Å². The average molecular weight is 310 g/mol. The zero-order chi connectivity index (χ0) is 15.5. The van der Waals surface area contributed by atoms with Crippen molar-refractivity contribution >= 4 is 15.9 Å². The third kappa shape index (κ3) is 4.46. The van der Waals surface area contributed by atoms with Gasteiger partial charge >= 0.3 is 6.03 Å². The fourth-order valence-corrected chi connectivity index (χ4v) is 3.21. The Hall–Kier alpha value is -1.56. The van der Waals surface area contributed by atoms with Gasteiger partial charge in [0.05, 0.1) is 10.9 Å². The summed E-state index contributed by atoms with van der Waals surface area (Å²) < 4.78 is 22.8. The van der Waals surface area contributed by atoms with Gasteiger partial charge in [0.25, 0.3) is 0 Å². The van der Waals surface area contributed by atoms with Crippen molar-refractivity contribution in [1.29, 1.82) is 0 Å². The molecule has 2 N–H and O–H groups in total. The molecule has 2 rings (SSSR count). The number of carbonyl (C=O) groups is 1. The van der Waals surface area contributed by atoms with E-state index in [0.29, 0.717) is 0 Å². The molecular formula is C15H22N2O3S. The summed E-state index contributed by atoms with van der Waals surface area (Å²) >= 11 is 0. The third-order valence-electron chi connectivity index (χ3n) is 3.85. The Morgan fingerprint density at radius 3 is 2.29 bits per heavy atom. The van der Waals surface area contributed by atoms with Crippen LogP contribution in [0.1, 0.15) is 44.2 Å². The number of hydrogen-bond donors (Lipinski definition) is 2. The van der Waals surface area contributed by atoms with Crippen molar-refractivity contribution in [2.24, 2.45) is 0 Å². The molecular weight excluding hydrogens is 288 g/mol. The van der Waals surface area contributed by atoms with Crippen LogP contribution in [0, 0.1) is 0 Å². The minimum Gasteiger partial charge on any atom is -0.335 e. The van der Waals surface area contributed by atoms with Crippen LogP contribution in [0.2, 0.25) is 0 Å². The molecule has 0 unspecified atom stereocenters. The number of urea groups is 1. The van der Waals surface area contributed by atoms with Gasteiger partial charge in [0.15, 0.2) is 9.84 Å². The zero-order valence-corrected chi connectivity index (χ0v) is 13.2. The van der Waals surface area contributed by atoms with E-state index in [2.05, 4.69) is 10.6 Å². The van der Waals surface area contributed by atoms with Gasteiger partial charge in [0.1, 0.15) is 0 Å². The summed E-state index contributed by atoms with van der Waals surface area (Å²) in [5, 5.41) is 5.85. The SMILES string of the molecule is C[C@@H](NC(=O)NC1CCCC1)c1ccc(S(C)(=O)=O)cc1. The summed E-state index contributed by atoms with van der Waals surface area (Å²) in [6.45, 7) is 1.88. The van der Waals surface area contributed by atoms with Crippen LogP contribution in [0.15, 0.2) is 29.2 Å². The van der Waals surface area contributed by atoms with Gasteiger partial charge in [-0.3, -0.25) is 0 Å². The molecule has 2 amide bonds. The number of carbonyl (C=O) groups excluding carboxylic acids is 1. The molecule has 1 atom stereocenters. The van der Waals surface area contributed by atoms with E-state index in [-0.39, 0.29) is 23.0 Å². The Bertz CT molecular complexity index is 590. The summed E-state index contributed by atoms with van der Waals surface area (Å²) in [6.07, 6.45) is 5.62. The highest BCUT2D eigenvalue weighted by Crippen LogP contribution is 2.18. The molecule has 116 valence electrons. The van der Waals surface area contributed by atoms with Gasteiger partial charge in [-0.25, -0.2) is 13.2 Å². The predicted molar refractivity (Wildman–Crippen MR) is 81.9 cm³/mol.